The summed E-state index contributed by atoms with van der Waals surface area (Å²) in [5.41, 5.74) is -1.67. The number of anilines is 2. The Kier molecular flexibility index (Phi) is 10.8. The Bertz CT molecular complexity index is 1130. The molecule has 2 aromatic rings. The van der Waals surface area contributed by atoms with Crippen LogP contribution in [-0.2, 0) is 4.79 Å². The third-order valence-corrected chi connectivity index (χ3v) is 7.27. The summed E-state index contributed by atoms with van der Waals surface area (Å²) in [6, 6.07) is 6.68. The summed E-state index contributed by atoms with van der Waals surface area (Å²) in [5.74, 6) is -4.44. The molecule has 2 fully saturated rings. The van der Waals surface area contributed by atoms with Crippen molar-refractivity contribution in [2.45, 2.75) is 63.5 Å². The molecule has 2 aromatic carbocycles. The Morgan fingerprint density at radius 3 is 2.24 bits per heavy atom. The van der Waals surface area contributed by atoms with E-state index in [4.69, 9.17) is 9.90 Å². The molecule has 1 heterocycles. The standard InChI is InChI=1S/C25H29F3IN3O2.C2H4O2/c26-19-10-9-18(23(22(19)28)31-21-11-8-16(29)12-20(21)27)24(33)32-14-25(34,15-32)13-30-17-6-4-2-1-3-5-7-17;1-2(3)4/h8-12,17,30-31,34H,1-7,13-15H2;1H3,(H,3,4). The van der Waals surface area contributed by atoms with Crippen LogP contribution in [0.3, 0.4) is 0 Å². The molecule has 0 bridgehead atoms. The van der Waals surface area contributed by atoms with Gasteiger partial charge in [0.05, 0.1) is 30.0 Å². The molecule has 1 aliphatic heterocycles. The number of likely N-dealkylation sites (tertiary alicyclic amines) is 1. The van der Waals surface area contributed by atoms with Crippen LogP contribution in [-0.4, -0.2) is 58.3 Å². The fourth-order valence-electron chi connectivity index (χ4n) is 4.66. The maximum Gasteiger partial charge on any atom is 0.300 e. The van der Waals surface area contributed by atoms with Gasteiger partial charge in [0.25, 0.3) is 11.9 Å². The first-order valence-corrected chi connectivity index (χ1v) is 13.7. The van der Waals surface area contributed by atoms with Crippen molar-refractivity contribution in [3.05, 3.63) is 56.9 Å². The Morgan fingerprint density at radius 1 is 1.03 bits per heavy atom. The fraction of sp³-hybridized carbons (Fsp3) is 0.481. The van der Waals surface area contributed by atoms with Gasteiger partial charge in [0.1, 0.15) is 11.4 Å². The molecule has 38 heavy (non-hydrogen) atoms. The lowest BCUT2D eigenvalue weighted by Crippen LogP contribution is -2.67. The van der Waals surface area contributed by atoms with Crippen molar-refractivity contribution in [1.82, 2.24) is 10.2 Å². The number of β-amino-alcohol motifs (C(OH)–C–C–N with tert-alkyl or cyclic N) is 1. The number of carbonyl (C=O) groups excluding carboxylic acids is 1. The van der Waals surface area contributed by atoms with Crippen LogP contribution in [0, 0.1) is 21.0 Å². The van der Waals surface area contributed by atoms with Gasteiger partial charge in [0.2, 0.25) is 0 Å². The van der Waals surface area contributed by atoms with E-state index in [1.807, 2.05) is 22.6 Å². The quantitative estimate of drug-likeness (QED) is 0.312. The van der Waals surface area contributed by atoms with Crippen molar-refractivity contribution in [1.29, 1.82) is 0 Å². The summed E-state index contributed by atoms with van der Waals surface area (Å²) in [5, 5.41) is 24.3. The number of halogens is 4. The number of benzene rings is 2. The third kappa shape index (κ3) is 8.31. The smallest absolute Gasteiger partial charge is 0.300 e. The first kappa shape index (κ1) is 30.2. The molecule has 1 saturated carbocycles. The van der Waals surface area contributed by atoms with Crippen molar-refractivity contribution >= 4 is 45.8 Å². The molecular weight excluding hydrogens is 614 g/mol. The minimum Gasteiger partial charge on any atom is -0.481 e. The normalized spacial score (nSPS) is 17.4. The van der Waals surface area contributed by atoms with Gasteiger partial charge in [0.15, 0.2) is 11.6 Å². The summed E-state index contributed by atoms with van der Waals surface area (Å²) in [7, 11) is 0. The average molecular weight is 647 g/mol. The summed E-state index contributed by atoms with van der Waals surface area (Å²) in [4.78, 5) is 23.5. The average Bonchev–Trinajstić information content (AvgIpc) is 2.80. The number of hydrogen-bond acceptors (Lipinski definition) is 5. The van der Waals surface area contributed by atoms with E-state index in [2.05, 4.69) is 10.6 Å². The number of amides is 1. The minimum atomic E-state index is -1.26. The number of nitrogens with zero attached hydrogens (tertiary/aromatic N) is 1. The molecule has 11 heteroatoms. The molecule has 1 saturated heterocycles. The number of carboxylic acid groups (broad SMARTS) is 1. The van der Waals surface area contributed by atoms with E-state index in [0.29, 0.717) is 16.2 Å². The molecule has 1 aliphatic carbocycles. The highest BCUT2D eigenvalue weighted by Gasteiger charge is 2.44. The number of carboxylic acids is 1. The number of aliphatic carboxylic acids is 1. The molecule has 0 atom stereocenters. The highest BCUT2D eigenvalue weighted by atomic mass is 127. The van der Waals surface area contributed by atoms with Crippen molar-refractivity contribution in [3.8, 4) is 0 Å². The summed E-state index contributed by atoms with van der Waals surface area (Å²) in [6.45, 7) is 1.63. The van der Waals surface area contributed by atoms with Crippen molar-refractivity contribution < 1.29 is 33.0 Å². The van der Waals surface area contributed by atoms with Gasteiger partial charge in [-0.3, -0.25) is 9.59 Å². The molecule has 0 aromatic heterocycles. The van der Waals surface area contributed by atoms with Crippen molar-refractivity contribution in [2.24, 2.45) is 0 Å². The second-order valence-corrected chi connectivity index (χ2v) is 11.1. The number of rotatable bonds is 6. The van der Waals surface area contributed by atoms with E-state index in [1.54, 1.807) is 6.07 Å². The van der Waals surface area contributed by atoms with E-state index in [9.17, 15) is 23.1 Å². The molecule has 0 spiro atoms. The Balaban J connectivity index is 0.000000934. The van der Waals surface area contributed by atoms with E-state index in [1.165, 1.54) is 55.2 Å². The molecule has 7 nitrogen and oxygen atoms in total. The first-order valence-electron chi connectivity index (χ1n) is 12.6. The van der Waals surface area contributed by atoms with Gasteiger partial charge < -0.3 is 25.7 Å². The largest absolute Gasteiger partial charge is 0.481 e. The molecule has 4 rings (SSSR count). The monoisotopic (exact) mass is 647 g/mol. The zero-order valence-corrected chi connectivity index (χ0v) is 23.4. The Hall–Kier alpha value is -2.38. The van der Waals surface area contributed by atoms with E-state index < -0.39 is 40.6 Å². The van der Waals surface area contributed by atoms with Crippen LogP contribution in [0.15, 0.2) is 30.3 Å². The van der Waals surface area contributed by atoms with Gasteiger partial charge in [0, 0.05) is 23.1 Å². The number of aliphatic hydroxyl groups is 1. The van der Waals surface area contributed by atoms with Gasteiger partial charge in [-0.1, -0.05) is 32.1 Å². The van der Waals surface area contributed by atoms with Crippen molar-refractivity contribution in [2.75, 3.05) is 25.0 Å². The van der Waals surface area contributed by atoms with Crippen molar-refractivity contribution in [3.63, 3.8) is 0 Å². The van der Waals surface area contributed by atoms with Gasteiger partial charge >= 0.3 is 0 Å². The van der Waals surface area contributed by atoms with Crippen LogP contribution in [0.1, 0.15) is 62.2 Å². The Labute approximate surface area is 233 Å². The maximum absolute atomic E-state index is 14.7. The SMILES string of the molecule is CC(=O)O.O=C(c1ccc(F)c(F)c1Nc1ccc(I)cc1F)N1CC(O)(CNC2CCCCCCC2)C1. The molecule has 0 unspecified atom stereocenters. The maximum atomic E-state index is 14.7. The first-order chi connectivity index (χ1) is 18.0. The summed E-state index contributed by atoms with van der Waals surface area (Å²) in [6.07, 6.45) is 8.27. The number of nitrogens with one attached hydrogen (secondary N) is 2. The second-order valence-electron chi connectivity index (χ2n) is 9.86. The fourth-order valence-corrected chi connectivity index (χ4v) is 5.11. The summed E-state index contributed by atoms with van der Waals surface area (Å²) >= 11 is 1.94. The van der Waals surface area contributed by atoms with Crippen LogP contribution in [0.25, 0.3) is 0 Å². The van der Waals surface area contributed by atoms with Gasteiger partial charge in [-0.05, 0) is 65.8 Å². The van der Waals surface area contributed by atoms with E-state index in [0.717, 1.165) is 25.8 Å². The molecule has 0 radical (unpaired) electrons. The lowest BCUT2D eigenvalue weighted by atomic mass is 9.91. The minimum absolute atomic E-state index is 0.0671. The van der Waals surface area contributed by atoms with Crippen LogP contribution in [0.2, 0.25) is 0 Å². The second kappa shape index (κ2) is 13.6. The zero-order valence-electron chi connectivity index (χ0n) is 21.2. The lowest BCUT2D eigenvalue weighted by molar-refractivity contribution is -0.134. The van der Waals surface area contributed by atoms with E-state index in [-0.39, 0.29) is 24.3 Å². The van der Waals surface area contributed by atoms with Crippen LogP contribution < -0.4 is 10.6 Å². The van der Waals surface area contributed by atoms with Gasteiger partial charge in [-0.25, -0.2) is 13.2 Å². The van der Waals surface area contributed by atoms with Gasteiger partial charge in [-0.15, -0.1) is 0 Å². The molecular formula is C27H33F3IN3O4. The molecule has 4 N–H and O–H groups in total. The van der Waals surface area contributed by atoms with Crippen LogP contribution in [0.4, 0.5) is 24.5 Å². The number of carbonyl (C=O) groups is 2. The lowest BCUT2D eigenvalue weighted by Gasteiger charge is -2.47. The predicted octanol–water partition coefficient (Wildman–Crippen LogP) is 5.43. The molecule has 1 amide bonds. The topological polar surface area (TPSA) is 102 Å². The van der Waals surface area contributed by atoms with Crippen LogP contribution in [0.5, 0.6) is 0 Å². The highest BCUT2D eigenvalue weighted by molar-refractivity contribution is 14.1. The number of hydrogen-bond donors (Lipinski definition) is 4. The zero-order chi connectivity index (χ0) is 27.9. The Morgan fingerprint density at radius 2 is 1.63 bits per heavy atom. The van der Waals surface area contributed by atoms with E-state index >= 15 is 0 Å². The van der Waals surface area contributed by atoms with Crippen LogP contribution >= 0.6 is 22.6 Å². The summed E-state index contributed by atoms with van der Waals surface area (Å²) < 4.78 is 43.6. The van der Waals surface area contributed by atoms with Gasteiger partial charge in [-0.2, -0.15) is 0 Å². The predicted molar refractivity (Wildman–Crippen MR) is 147 cm³/mol. The molecule has 2 aliphatic rings. The highest BCUT2D eigenvalue weighted by Crippen LogP contribution is 2.32. The third-order valence-electron chi connectivity index (χ3n) is 6.60. The molecule has 208 valence electrons.